The number of aliphatic carboxylic acids is 2. The van der Waals surface area contributed by atoms with Gasteiger partial charge in [0.25, 0.3) is 0 Å². The Labute approximate surface area is 151 Å². The maximum atomic E-state index is 10.9. The molecular formula is C16H29NO5S2. The van der Waals surface area contributed by atoms with Gasteiger partial charge in [0, 0.05) is 24.9 Å². The average molecular weight is 380 g/mol. The Morgan fingerprint density at radius 3 is 1.92 bits per heavy atom. The van der Waals surface area contributed by atoms with Crippen molar-refractivity contribution in [3.05, 3.63) is 0 Å². The zero-order valence-corrected chi connectivity index (χ0v) is 15.9. The summed E-state index contributed by atoms with van der Waals surface area (Å²) in [7, 11) is 3.13. The predicted octanol–water partition coefficient (Wildman–Crippen LogP) is 3.55. The minimum Gasteiger partial charge on any atom is -0.481 e. The van der Waals surface area contributed by atoms with Gasteiger partial charge in [0.15, 0.2) is 0 Å². The summed E-state index contributed by atoms with van der Waals surface area (Å²) in [5, 5.41) is 19.9. The van der Waals surface area contributed by atoms with Gasteiger partial charge in [-0.1, -0.05) is 60.1 Å². The molecule has 140 valence electrons. The maximum absolute atomic E-state index is 10.9. The Balaban J connectivity index is 3.34. The van der Waals surface area contributed by atoms with Crippen molar-refractivity contribution in [3.63, 3.8) is 0 Å². The standard InChI is InChI=1S/C16H29NO5S2/c1-13(18)17-14(16(21)22)12-24-23-11-9-7-5-3-2-4-6-8-10-15(19)20/h14H,2-12H2,1H3,(H,17,18)(H,19,20)(H,21,22)/t14-/m0/s1. The molecule has 0 aliphatic heterocycles. The average Bonchev–Trinajstić information content (AvgIpc) is 2.49. The number of hydrogen-bond acceptors (Lipinski definition) is 5. The first-order chi connectivity index (χ1) is 11.4. The van der Waals surface area contributed by atoms with Crippen LogP contribution in [0, 0.1) is 0 Å². The summed E-state index contributed by atoms with van der Waals surface area (Å²) in [6.45, 7) is 1.32. The third-order valence-corrected chi connectivity index (χ3v) is 5.86. The van der Waals surface area contributed by atoms with Crippen molar-refractivity contribution in [2.45, 2.75) is 70.8 Å². The van der Waals surface area contributed by atoms with Crippen LogP contribution < -0.4 is 5.32 Å². The third-order valence-electron chi connectivity index (χ3n) is 3.36. The lowest BCUT2D eigenvalue weighted by atomic mass is 10.1. The summed E-state index contributed by atoms with van der Waals surface area (Å²) in [6.07, 6.45) is 8.97. The van der Waals surface area contributed by atoms with Gasteiger partial charge in [-0.2, -0.15) is 0 Å². The fourth-order valence-corrected chi connectivity index (χ4v) is 4.40. The Morgan fingerprint density at radius 1 is 0.875 bits per heavy atom. The summed E-state index contributed by atoms with van der Waals surface area (Å²) >= 11 is 0. The summed E-state index contributed by atoms with van der Waals surface area (Å²) in [5.41, 5.74) is 0. The highest BCUT2D eigenvalue weighted by Gasteiger charge is 2.17. The van der Waals surface area contributed by atoms with Gasteiger partial charge in [0.1, 0.15) is 6.04 Å². The van der Waals surface area contributed by atoms with Crippen LogP contribution in [0.2, 0.25) is 0 Å². The van der Waals surface area contributed by atoms with E-state index in [0.717, 1.165) is 37.9 Å². The molecule has 0 aliphatic carbocycles. The van der Waals surface area contributed by atoms with Gasteiger partial charge >= 0.3 is 11.9 Å². The van der Waals surface area contributed by atoms with Crippen LogP contribution in [0.4, 0.5) is 0 Å². The fraction of sp³-hybridized carbons (Fsp3) is 0.812. The molecule has 0 unspecified atom stereocenters. The van der Waals surface area contributed by atoms with Gasteiger partial charge in [0.2, 0.25) is 5.91 Å². The van der Waals surface area contributed by atoms with Crippen molar-refractivity contribution in [2.24, 2.45) is 0 Å². The minimum absolute atomic E-state index is 0.277. The van der Waals surface area contributed by atoms with Crippen molar-refractivity contribution in [1.82, 2.24) is 5.32 Å². The van der Waals surface area contributed by atoms with E-state index < -0.39 is 18.0 Å². The molecule has 0 radical (unpaired) electrons. The molecule has 0 aromatic rings. The molecule has 3 N–H and O–H groups in total. The Hall–Kier alpha value is -0.890. The summed E-state index contributed by atoms with van der Waals surface area (Å²) < 4.78 is 0. The lowest BCUT2D eigenvalue weighted by molar-refractivity contribution is -0.140. The van der Waals surface area contributed by atoms with Crippen molar-refractivity contribution in [1.29, 1.82) is 0 Å². The monoisotopic (exact) mass is 379 g/mol. The largest absolute Gasteiger partial charge is 0.481 e. The molecular weight excluding hydrogens is 350 g/mol. The smallest absolute Gasteiger partial charge is 0.327 e. The van der Waals surface area contributed by atoms with E-state index in [1.807, 2.05) is 0 Å². The highest BCUT2D eigenvalue weighted by atomic mass is 33.1. The van der Waals surface area contributed by atoms with Crippen LogP contribution in [0.1, 0.15) is 64.7 Å². The first-order valence-corrected chi connectivity index (χ1v) is 10.9. The molecule has 0 fully saturated rings. The van der Waals surface area contributed by atoms with Crippen LogP contribution in [0.25, 0.3) is 0 Å². The molecule has 0 aromatic carbocycles. The molecule has 0 heterocycles. The zero-order chi connectivity index (χ0) is 18.2. The van der Waals surface area contributed by atoms with Crippen molar-refractivity contribution in [2.75, 3.05) is 11.5 Å². The van der Waals surface area contributed by atoms with E-state index in [-0.39, 0.29) is 12.3 Å². The number of carboxylic acid groups (broad SMARTS) is 2. The number of nitrogens with one attached hydrogen (secondary N) is 1. The highest BCUT2D eigenvalue weighted by Crippen LogP contribution is 2.24. The molecule has 1 atom stereocenters. The normalized spacial score (nSPS) is 11.9. The molecule has 0 aromatic heterocycles. The zero-order valence-electron chi connectivity index (χ0n) is 14.3. The first kappa shape index (κ1) is 23.1. The minimum atomic E-state index is -0.998. The lowest BCUT2D eigenvalue weighted by Crippen LogP contribution is -2.41. The predicted molar refractivity (Wildman–Crippen MR) is 99.3 cm³/mol. The van der Waals surface area contributed by atoms with Crippen molar-refractivity contribution < 1.29 is 24.6 Å². The molecule has 1 amide bonds. The number of rotatable bonds is 16. The van der Waals surface area contributed by atoms with Crippen LogP contribution in [0.5, 0.6) is 0 Å². The summed E-state index contributed by atoms with van der Waals surface area (Å²) in [5.74, 6) is -0.680. The SMILES string of the molecule is CC(=O)N[C@@H](CSSCCCCCCCCCCC(=O)O)C(=O)O. The first-order valence-electron chi connectivity index (χ1n) is 8.39. The van der Waals surface area contributed by atoms with E-state index in [0.29, 0.717) is 5.75 Å². The molecule has 24 heavy (non-hydrogen) atoms. The summed E-state index contributed by atoms with van der Waals surface area (Å²) in [6, 6.07) is -0.818. The second kappa shape index (κ2) is 15.6. The van der Waals surface area contributed by atoms with Crippen LogP contribution in [-0.4, -0.2) is 45.6 Å². The highest BCUT2D eigenvalue weighted by molar-refractivity contribution is 8.76. The molecule has 0 rings (SSSR count). The number of amides is 1. The number of hydrogen-bond donors (Lipinski definition) is 3. The number of unbranched alkanes of at least 4 members (excludes halogenated alkanes) is 7. The number of carboxylic acids is 2. The third kappa shape index (κ3) is 16.0. The Morgan fingerprint density at radius 2 is 1.42 bits per heavy atom. The van der Waals surface area contributed by atoms with Gasteiger partial charge in [-0.05, 0) is 12.8 Å². The Kier molecular flexibility index (Phi) is 15.0. The van der Waals surface area contributed by atoms with Crippen molar-refractivity contribution in [3.8, 4) is 0 Å². The van der Waals surface area contributed by atoms with Crippen LogP contribution in [0.15, 0.2) is 0 Å². The van der Waals surface area contributed by atoms with E-state index in [2.05, 4.69) is 5.32 Å². The molecule has 0 aliphatic rings. The van der Waals surface area contributed by atoms with Gasteiger partial charge < -0.3 is 15.5 Å². The van der Waals surface area contributed by atoms with E-state index in [1.165, 1.54) is 37.0 Å². The van der Waals surface area contributed by atoms with Crippen LogP contribution >= 0.6 is 21.6 Å². The maximum Gasteiger partial charge on any atom is 0.327 e. The van der Waals surface area contributed by atoms with Crippen LogP contribution in [0.3, 0.4) is 0 Å². The van der Waals surface area contributed by atoms with E-state index >= 15 is 0 Å². The van der Waals surface area contributed by atoms with E-state index in [1.54, 1.807) is 10.8 Å². The summed E-state index contributed by atoms with van der Waals surface area (Å²) in [4.78, 5) is 32.2. The van der Waals surface area contributed by atoms with Crippen molar-refractivity contribution >= 4 is 39.4 Å². The molecule has 0 bridgehead atoms. The van der Waals surface area contributed by atoms with Gasteiger partial charge in [0.05, 0.1) is 0 Å². The quantitative estimate of drug-likeness (QED) is 0.278. The van der Waals surface area contributed by atoms with E-state index in [4.69, 9.17) is 10.2 Å². The fourth-order valence-electron chi connectivity index (χ4n) is 2.09. The van der Waals surface area contributed by atoms with Gasteiger partial charge in [-0.3, -0.25) is 9.59 Å². The van der Waals surface area contributed by atoms with Gasteiger partial charge in [-0.25, -0.2) is 4.79 Å². The molecule has 0 saturated carbocycles. The number of carbonyl (C=O) groups excluding carboxylic acids is 1. The topological polar surface area (TPSA) is 104 Å². The lowest BCUT2D eigenvalue weighted by Gasteiger charge is -2.12. The van der Waals surface area contributed by atoms with Crippen LogP contribution in [-0.2, 0) is 14.4 Å². The molecule has 0 saturated heterocycles. The van der Waals surface area contributed by atoms with E-state index in [9.17, 15) is 14.4 Å². The molecule has 0 spiro atoms. The molecule has 8 heteroatoms. The Bertz CT molecular complexity index is 379. The molecule has 6 nitrogen and oxygen atoms in total. The van der Waals surface area contributed by atoms with Gasteiger partial charge in [-0.15, -0.1) is 0 Å². The number of carbonyl (C=O) groups is 3. The second-order valence-corrected chi connectivity index (χ2v) is 8.30. The second-order valence-electron chi connectivity index (χ2n) is 5.67.